The van der Waals surface area contributed by atoms with Gasteiger partial charge in [-0.2, -0.15) is 0 Å². The summed E-state index contributed by atoms with van der Waals surface area (Å²) in [5, 5.41) is 3.12. The minimum atomic E-state index is 0. The summed E-state index contributed by atoms with van der Waals surface area (Å²) in [5.74, 6) is 1.16. The van der Waals surface area contributed by atoms with Crippen molar-refractivity contribution in [1.29, 1.82) is 0 Å². The molecular weight excluding hydrogens is 481 g/mol. The van der Waals surface area contributed by atoms with Gasteiger partial charge in [-0.25, -0.2) is 0 Å². The zero-order valence-corrected chi connectivity index (χ0v) is 17.4. The lowest BCUT2D eigenvalue weighted by Gasteiger charge is -2.15. The minimum Gasteiger partial charge on any atom is -0.495 e. The van der Waals surface area contributed by atoms with Gasteiger partial charge in [0.25, 0.3) is 0 Å². The molecule has 1 fully saturated rings. The van der Waals surface area contributed by atoms with E-state index < -0.39 is 0 Å². The number of guanidine groups is 1. The Morgan fingerprint density at radius 3 is 2.67 bits per heavy atom. The molecule has 0 bridgehead atoms. The molecule has 0 aromatic heterocycles. The van der Waals surface area contributed by atoms with Gasteiger partial charge >= 0.3 is 0 Å². The van der Waals surface area contributed by atoms with Crippen LogP contribution >= 0.6 is 39.9 Å². The van der Waals surface area contributed by atoms with Crippen LogP contribution < -0.4 is 15.8 Å². The summed E-state index contributed by atoms with van der Waals surface area (Å²) >= 11 is 3.54. The predicted octanol–water partition coefficient (Wildman–Crippen LogP) is 4.53. The number of methoxy groups -OCH3 is 1. The van der Waals surface area contributed by atoms with Gasteiger partial charge in [0.15, 0.2) is 5.96 Å². The Labute approximate surface area is 168 Å². The molecule has 2 aromatic carbocycles. The number of benzene rings is 2. The van der Waals surface area contributed by atoms with E-state index in [1.165, 1.54) is 5.56 Å². The number of hydrogen-bond acceptors (Lipinski definition) is 2. The number of para-hydroxylation sites is 2. The highest BCUT2D eigenvalue weighted by molar-refractivity contribution is 14.0. The molecule has 1 aliphatic carbocycles. The average Bonchev–Trinajstić information content (AvgIpc) is 3.35. The number of halogens is 2. The number of ether oxygens (including phenoxy) is 1. The van der Waals surface area contributed by atoms with Crippen LogP contribution in [0.4, 0.5) is 5.69 Å². The summed E-state index contributed by atoms with van der Waals surface area (Å²) in [5.41, 5.74) is 8.32. The fraction of sp³-hybridized carbons (Fsp3) is 0.278. The molecule has 1 saturated carbocycles. The van der Waals surface area contributed by atoms with E-state index in [0.717, 1.165) is 28.8 Å². The standard InChI is InChI=1S/C18H20BrN3O.HI/c1-23-16-8-3-2-7-15(16)22-17(20)21-12-18(9-10-18)13-5-4-6-14(19)11-13;/h2-8,11H,9-10,12H2,1H3,(H3,20,21,22);1H. The molecular formula is C18H21BrIN3O. The summed E-state index contributed by atoms with van der Waals surface area (Å²) in [6.45, 7) is 0.692. The van der Waals surface area contributed by atoms with Crippen molar-refractivity contribution in [3.05, 3.63) is 58.6 Å². The summed E-state index contributed by atoms with van der Waals surface area (Å²) in [6.07, 6.45) is 2.30. The molecule has 3 N–H and O–H groups in total. The molecule has 24 heavy (non-hydrogen) atoms. The molecule has 0 atom stereocenters. The van der Waals surface area contributed by atoms with Crippen LogP contribution in [-0.2, 0) is 5.41 Å². The third-order valence-electron chi connectivity index (χ3n) is 4.21. The van der Waals surface area contributed by atoms with E-state index >= 15 is 0 Å². The number of nitrogens with one attached hydrogen (secondary N) is 1. The van der Waals surface area contributed by atoms with Crippen LogP contribution in [0, 0.1) is 0 Å². The molecule has 128 valence electrons. The molecule has 0 radical (unpaired) electrons. The van der Waals surface area contributed by atoms with Gasteiger partial charge in [0.2, 0.25) is 0 Å². The smallest absolute Gasteiger partial charge is 0.193 e. The van der Waals surface area contributed by atoms with Gasteiger partial charge in [0, 0.05) is 9.89 Å². The van der Waals surface area contributed by atoms with Gasteiger partial charge in [-0.1, -0.05) is 40.2 Å². The van der Waals surface area contributed by atoms with E-state index in [1.807, 2.05) is 30.3 Å². The van der Waals surface area contributed by atoms with Crippen molar-refractivity contribution in [2.24, 2.45) is 10.7 Å². The van der Waals surface area contributed by atoms with Crippen LogP contribution in [0.3, 0.4) is 0 Å². The highest BCUT2D eigenvalue weighted by Crippen LogP contribution is 2.48. The first-order valence-electron chi connectivity index (χ1n) is 7.59. The Morgan fingerprint density at radius 1 is 1.25 bits per heavy atom. The van der Waals surface area contributed by atoms with Gasteiger partial charge < -0.3 is 15.8 Å². The largest absolute Gasteiger partial charge is 0.495 e. The van der Waals surface area contributed by atoms with Crippen molar-refractivity contribution >= 4 is 51.6 Å². The number of anilines is 1. The Morgan fingerprint density at radius 2 is 2.00 bits per heavy atom. The molecule has 2 aromatic rings. The van der Waals surface area contributed by atoms with Crippen molar-refractivity contribution in [2.45, 2.75) is 18.3 Å². The van der Waals surface area contributed by atoms with Gasteiger partial charge in [-0.15, -0.1) is 24.0 Å². The van der Waals surface area contributed by atoms with E-state index in [9.17, 15) is 0 Å². The maximum Gasteiger partial charge on any atom is 0.193 e. The first-order chi connectivity index (χ1) is 11.1. The first kappa shape index (κ1) is 19.1. The molecule has 0 saturated heterocycles. The number of hydrogen-bond donors (Lipinski definition) is 2. The first-order valence-corrected chi connectivity index (χ1v) is 8.38. The van der Waals surface area contributed by atoms with E-state index in [2.05, 4.69) is 44.4 Å². The van der Waals surface area contributed by atoms with Gasteiger partial charge in [0.05, 0.1) is 19.3 Å². The van der Waals surface area contributed by atoms with Crippen LogP contribution in [0.1, 0.15) is 18.4 Å². The highest BCUT2D eigenvalue weighted by Gasteiger charge is 2.44. The van der Waals surface area contributed by atoms with E-state index in [0.29, 0.717) is 12.5 Å². The van der Waals surface area contributed by atoms with E-state index in [4.69, 9.17) is 10.5 Å². The maximum atomic E-state index is 6.05. The molecule has 6 heteroatoms. The van der Waals surface area contributed by atoms with Crippen molar-refractivity contribution in [3.63, 3.8) is 0 Å². The Balaban J connectivity index is 0.00000208. The lowest BCUT2D eigenvalue weighted by Crippen LogP contribution is -2.25. The molecule has 0 unspecified atom stereocenters. The fourth-order valence-corrected chi connectivity index (χ4v) is 3.07. The van der Waals surface area contributed by atoms with Crippen molar-refractivity contribution in [1.82, 2.24) is 0 Å². The molecule has 0 heterocycles. The van der Waals surface area contributed by atoms with E-state index in [1.54, 1.807) is 7.11 Å². The molecule has 3 rings (SSSR count). The summed E-state index contributed by atoms with van der Waals surface area (Å²) in [7, 11) is 1.64. The minimum absolute atomic E-state index is 0. The Bertz CT molecular complexity index is 732. The highest BCUT2D eigenvalue weighted by atomic mass is 127. The molecule has 4 nitrogen and oxygen atoms in total. The monoisotopic (exact) mass is 501 g/mol. The van der Waals surface area contributed by atoms with E-state index in [-0.39, 0.29) is 29.4 Å². The SMILES string of the molecule is COc1ccccc1NC(N)=NCC1(c2cccc(Br)c2)CC1.I. The maximum absolute atomic E-state index is 6.05. The van der Waals surface area contributed by atoms with Crippen LogP contribution in [0.2, 0.25) is 0 Å². The Kier molecular flexibility index (Phi) is 6.51. The topological polar surface area (TPSA) is 59.6 Å². The number of nitrogens with two attached hydrogens (primary N) is 1. The lowest BCUT2D eigenvalue weighted by molar-refractivity contribution is 0.417. The molecule has 0 spiro atoms. The molecule has 0 amide bonds. The second-order valence-electron chi connectivity index (χ2n) is 5.82. The van der Waals surface area contributed by atoms with Crippen LogP contribution in [-0.4, -0.2) is 19.6 Å². The molecule has 0 aliphatic heterocycles. The van der Waals surface area contributed by atoms with Crippen molar-refractivity contribution in [2.75, 3.05) is 19.0 Å². The third-order valence-corrected chi connectivity index (χ3v) is 4.71. The quantitative estimate of drug-likeness (QED) is 0.359. The van der Waals surface area contributed by atoms with Crippen molar-refractivity contribution in [3.8, 4) is 5.75 Å². The van der Waals surface area contributed by atoms with Crippen LogP contribution in [0.5, 0.6) is 5.75 Å². The third kappa shape index (κ3) is 4.42. The fourth-order valence-electron chi connectivity index (χ4n) is 2.67. The second-order valence-corrected chi connectivity index (χ2v) is 6.73. The zero-order chi connectivity index (χ0) is 16.3. The summed E-state index contributed by atoms with van der Waals surface area (Å²) in [6, 6.07) is 16.1. The zero-order valence-electron chi connectivity index (χ0n) is 13.5. The van der Waals surface area contributed by atoms with Crippen LogP contribution in [0.25, 0.3) is 0 Å². The van der Waals surface area contributed by atoms with Crippen LogP contribution in [0.15, 0.2) is 58.0 Å². The Hall–Kier alpha value is -1.28. The lowest BCUT2D eigenvalue weighted by atomic mass is 9.96. The summed E-state index contributed by atoms with van der Waals surface area (Å²) < 4.78 is 6.41. The normalized spacial score (nSPS) is 15.3. The predicted molar refractivity (Wildman–Crippen MR) is 114 cm³/mol. The van der Waals surface area contributed by atoms with Gasteiger partial charge in [-0.05, 0) is 42.7 Å². The second kappa shape index (κ2) is 8.20. The van der Waals surface area contributed by atoms with Crippen molar-refractivity contribution < 1.29 is 4.74 Å². The summed E-state index contributed by atoms with van der Waals surface area (Å²) in [4.78, 5) is 4.55. The number of nitrogens with zero attached hydrogens (tertiary/aromatic N) is 1. The molecule has 1 aliphatic rings. The van der Waals surface area contributed by atoms with Gasteiger partial charge in [0.1, 0.15) is 5.75 Å². The number of aliphatic imine (C=N–C) groups is 1. The van der Waals surface area contributed by atoms with Gasteiger partial charge in [-0.3, -0.25) is 4.99 Å². The number of rotatable bonds is 5. The average molecular weight is 502 g/mol.